The molecule has 0 atom stereocenters. The van der Waals surface area contributed by atoms with Crippen LogP contribution in [0.15, 0.2) is 48.5 Å². The highest BCUT2D eigenvalue weighted by atomic mass is 35.5. The molecule has 0 radical (unpaired) electrons. The van der Waals surface area contributed by atoms with Crippen LogP contribution in [0.2, 0.25) is 40.2 Å². The van der Waals surface area contributed by atoms with Gasteiger partial charge in [0, 0.05) is 0 Å². The Morgan fingerprint density at radius 3 is 0.571 bits per heavy atom. The van der Waals surface area contributed by atoms with Gasteiger partial charge in [0.15, 0.2) is 43.2 Å². The highest BCUT2D eigenvalue weighted by Gasteiger charge is 2.16. The van der Waals surface area contributed by atoms with Crippen molar-refractivity contribution in [3.63, 3.8) is 0 Å². The fourth-order valence-corrected chi connectivity index (χ4v) is 4.30. The Bertz CT molecular complexity index is 1580. The van der Waals surface area contributed by atoms with Crippen molar-refractivity contribution >= 4 is 123 Å². The number of benzene rings is 4. The van der Waals surface area contributed by atoms with Crippen LogP contribution < -0.4 is 19.8 Å². The molecular weight excluding hydrogens is 838 g/mol. The van der Waals surface area contributed by atoms with E-state index in [9.17, 15) is 17.6 Å². The van der Waals surface area contributed by atoms with Gasteiger partial charge in [-0.1, -0.05) is 92.8 Å². The van der Waals surface area contributed by atoms with Gasteiger partial charge in [0.1, 0.15) is 0 Å². The van der Waals surface area contributed by atoms with Crippen molar-refractivity contribution in [2.75, 3.05) is 0 Å². The maximum absolute atomic E-state index is 12.7. The molecular formula is C24H8BCl8F5N8O3. The number of hydrogen-bond donors (Lipinski definition) is 0. The molecule has 0 unspecified atom stereocenters. The van der Waals surface area contributed by atoms with Crippen LogP contribution in [0.4, 0.5) is 40.3 Å². The van der Waals surface area contributed by atoms with E-state index in [1.54, 1.807) is 0 Å². The predicted molar refractivity (Wildman–Crippen MR) is 170 cm³/mol. The van der Waals surface area contributed by atoms with Gasteiger partial charge in [0.2, 0.25) is 21.6 Å². The second-order valence-electron chi connectivity index (χ2n) is 7.58. The number of nitrogens with zero attached hydrogens (tertiary/aromatic N) is 8. The molecule has 0 saturated heterocycles. The zero-order chi connectivity index (χ0) is 37.3. The lowest BCUT2D eigenvalue weighted by Crippen LogP contribution is -3.00. The van der Waals surface area contributed by atoms with Crippen molar-refractivity contribution in [3.05, 3.63) is 132 Å². The quantitative estimate of drug-likeness (QED) is 0.0759. The lowest BCUT2D eigenvalue weighted by Gasteiger charge is -2.35. The maximum atomic E-state index is 12.7. The molecule has 0 saturated carbocycles. The average molecular weight is 846 g/mol. The van der Waals surface area contributed by atoms with E-state index in [0.717, 1.165) is 0 Å². The zero-order valence-electron chi connectivity index (χ0n) is 22.9. The summed E-state index contributed by atoms with van der Waals surface area (Å²) in [6, 6.07) is 9.36. The molecule has 0 aliphatic rings. The second-order valence-corrected chi connectivity index (χ2v) is 10.8. The SMILES string of the molecule is N#[N+]c1cc(Cl)c(F)c(Cl)c1.N#[N+]c1cc(Cl)c(F)c(Cl)c1.N#[N+]c1cc(Cl)c(F)c(Cl)c1.N#[N+]c1cc(Cl)c(F)c(Cl)c1.[F-].[O-]B([O-])[O-]. The highest BCUT2D eigenvalue weighted by molar-refractivity contribution is 6.37. The lowest BCUT2D eigenvalue weighted by molar-refractivity contribution is -0.479. The zero-order valence-corrected chi connectivity index (χ0v) is 29.0. The van der Waals surface area contributed by atoms with Crippen LogP contribution in [0.1, 0.15) is 0 Å². The van der Waals surface area contributed by atoms with Crippen LogP contribution in [-0.4, -0.2) is 7.32 Å². The fraction of sp³-hybridized carbons (Fsp3) is 0. The van der Waals surface area contributed by atoms with Crippen molar-refractivity contribution in [2.24, 2.45) is 0 Å². The highest BCUT2D eigenvalue weighted by Crippen LogP contribution is 2.31. The van der Waals surface area contributed by atoms with E-state index in [-0.39, 0.29) is 67.6 Å². The first-order valence-corrected chi connectivity index (χ1v) is 14.3. The molecule has 25 heteroatoms. The molecule has 0 heterocycles. The summed E-state index contributed by atoms with van der Waals surface area (Å²) in [5.41, 5.74) is 0.505. The van der Waals surface area contributed by atoms with Gasteiger partial charge in [-0.15, -0.1) is 0 Å². The Hall–Kier alpha value is -3.53. The minimum Gasteiger partial charge on any atom is -1.00 e. The number of diazo groups is 4. The summed E-state index contributed by atoms with van der Waals surface area (Å²) in [7, 11) is -2.92. The van der Waals surface area contributed by atoms with Crippen LogP contribution in [0, 0.1) is 44.8 Å². The Balaban J connectivity index is 0. The molecule has 4 rings (SSSR count). The molecule has 0 N–H and O–H groups in total. The molecule has 11 nitrogen and oxygen atoms in total. The number of rotatable bonds is 0. The molecule has 256 valence electrons. The second kappa shape index (κ2) is 23.8. The molecule has 0 aliphatic carbocycles. The Morgan fingerprint density at radius 1 is 0.388 bits per heavy atom. The first-order chi connectivity index (χ1) is 22.3. The first-order valence-electron chi connectivity index (χ1n) is 11.3. The Labute approximate surface area is 312 Å². The standard InChI is InChI=1S/4C6H2Cl2FN2.BO3.FH/c4*7-4-1-3(11-10)2-5(8)6(4)9;2-1(3)4;/h4*1-2H;;1H/q4*+1;-3;/p-1. The summed E-state index contributed by atoms with van der Waals surface area (Å²) >= 11 is 42.9. The molecule has 0 bridgehead atoms. The summed E-state index contributed by atoms with van der Waals surface area (Å²) in [6.07, 6.45) is 0. The minimum atomic E-state index is -2.92. The molecule has 0 amide bonds. The third-order valence-electron chi connectivity index (χ3n) is 4.34. The van der Waals surface area contributed by atoms with Gasteiger partial charge in [0.05, 0.1) is 88.7 Å². The topological polar surface area (TPSA) is 182 Å². The molecule has 0 spiro atoms. The molecule has 0 aromatic heterocycles. The van der Waals surface area contributed by atoms with E-state index < -0.39 is 30.6 Å². The summed E-state index contributed by atoms with van der Waals surface area (Å²) in [5.74, 6) is -2.83. The van der Waals surface area contributed by atoms with Crippen LogP contribution in [-0.2, 0) is 0 Å². The van der Waals surface area contributed by atoms with Crippen LogP contribution in [0.25, 0.3) is 19.9 Å². The van der Waals surface area contributed by atoms with Gasteiger partial charge in [0.25, 0.3) is 0 Å². The van der Waals surface area contributed by atoms with Gasteiger partial charge in [-0.3, -0.25) is 7.32 Å². The number of halogens is 13. The van der Waals surface area contributed by atoms with Crippen LogP contribution >= 0.6 is 92.8 Å². The maximum Gasteiger partial charge on any atom is 0.388 e. The molecule has 49 heavy (non-hydrogen) atoms. The van der Waals surface area contributed by atoms with E-state index in [4.69, 9.17) is 129 Å². The first kappa shape index (κ1) is 47.6. The van der Waals surface area contributed by atoms with E-state index in [1.165, 1.54) is 48.5 Å². The molecule has 0 fully saturated rings. The monoisotopic (exact) mass is 842 g/mol. The molecule has 4 aromatic rings. The largest absolute Gasteiger partial charge is 1.00 e. The summed E-state index contributed by atoms with van der Waals surface area (Å²) in [5, 5.41) is 57.0. The van der Waals surface area contributed by atoms with E-state index in [2.05, 4.69) is 19.9 Å². The van der Waals surface area contributed by atoms with Gasteiger partial charge < -0.3 is 19.8 Å². The van der Waals surface area contributed by atoms with Crippen molar-refractivity contribution in [2.45, 2.75) is 0 Å². The smallest absolute Gasteiger partial charge is 0.388 e. The fourth-order valence-electron chi connectivity index (χ4n) is 2.40. The molecule has 4 aromatic carbocycles. The normalized spacial score (nSPS) is 8.88. The van der Waals surface area contributed by atoms with Crippen LogP contribution in [0.3, 0.4) is 0 Å². The third kappa shape index (κ3) is 17.1. The van der Waals surface area contributed by atoms with E-state index >= 15 is 0 Å². The van der Waals surface area contributed by atoms with E-state index in [0.29, 0.717) is 0 Å². The molecule has 0 aliphatic heterocycles. The van der Waals surface area contributed by atoms with Gasteiger partial charge in [-0.25, -0.2) is 17.6 Å². The van der Waals surface area contributed by atoms with Gasteiger partial charge >= 0.3 is 22.7 Å². The predicted octanol–water partition coefficient (Wildman–Crippen LogP) is 7.52. The summed E-state index contributed by atoms with van der Waals surface area (Å²) < 4.78 is 50.6. The van der Waals surface area contributed by atoms with Gasteiger partial charge in [-0.2, -0.15) is 0 Å². The minimum absolute atomic E-state index is 0. The Morgan fingerprint density at radius 2 is 0.490 bits per heavy atom. The summed E-state index contributed by atoms with van der Waals surface area (Å²) in [6.45, 7) is 0. The van der Waals surface area contributed by atoms with Crippen molar-refractivity contribution in [1.82, 2.24) is 0 Å². The number of hydrogen-bond acceptors (Lipinski definition) is 7. The average Bonchev–Trinajstić information content (AvgIpc) is 3.03. The summed E-state index contributed by atoms with van der Waals surface area (Å²) in [4.78, 5) is 11.2. The lowest BCUT2D eigenvalue weighted by atomic mass is 10.3. The van der Waals surface area contributed by atoms with Crippen molar-refractivity contribution < 1.29 is 37.3 Å². The Kier molecular flexibility index (Phi) is 23.1. The van der Waals surface area contributed by atoms with Crippen molar-refractivity contribution in [3.8, 4) is 0 Å². The third-order valence-corrected chi connectivity index (χ3v) is 6.54. The van der Waals surface area contributed by atoms with Gasteiger partial charge in [-0.05, 0) is 0 Å². The van der Waals surface area contributed by atoms with E-state index in [1.807, 2.05) is 0 Å². The van der Waals surface area contributed by atoms with Crippen molar-refractivity contribution in [1.29, 1.82) is 21.6 Å². The van der Waals surface area contributed by atoms with Crippen LogP contribution in [0.5, 0.6) is 0 Å².